The van der Waals surface area contributed by atoms with Gasteiger partial charge in [-0.25, -0.2) is 0 Å². The highest BCUT2D eigenvalue weighted by molar-refractivity contribution is 6.34. The lowest BCUT2D eigenvalue weighted by Crippen LogP contribution is -2.10. The molecule has 2 rings (SSSR count). The highest BCUT2D eigenvalue weighted by Gasteiger charge is 2.13. The van der Waals surface area contributed by atoms with Crippen LogP contribution in [-0.4, -0.2) is 14.1 Å². The molecule has 0 aliphatic carbocycles. The lowest BCUT2D eigenvalue weighted by molar-refractivity contribution is 1.13. The summed E-state index contributed by atoms with van der Waals surface area (Å²) in [6, 6.07) is 12.4. The molecule has 18 heavy (non-hydrogen) atoms. The number of anilines is 1. The van der Waals surface area contributed by atoms with E-state index in [1.165, 1.54) is 16.7 Å². The van der Waals surface area contributed by atoms with Crippen molar-refractivity contribution in [3.8, 4) is 11.1 Å². The van der Waals surface area contributed by atoms with Crippen LogP contribution in [0.15, 0.2) is 36.4 Å². The summed E-state index contributed by atoms with van der Waals surface area (Å²) in [5, 5.41) is 0.801. The van der Waals surface area contributed by atoms with Crippen molar-refractivity contribution in [2.45, 2.75) is 13.8 Å². The molecule has 2 aromatic rings. The van der Waals surface area contributed by atoms with Crippen molar-refractivity contribution < 1.29 is 0 Å². The van der Waals surface area contributed by atoms with Crippen molar-refractivity contribution in [3.63, 3.8) is 0 Å². The predicted molar refractivity (Wildman–Crippen MR) is 80.7 cm³/mol. The summed E-state index contributed by atoms with van der Waals surface area (Å²) in [6.07, 6.45) is 0. The Labute approximate surface area is 114 Å². The Balaban J connectivity index is 2.74. The Bertz CT molecular complexity index is 573. The molecule has 94 valence electrons. The van der Waals surface area contributed by atoms with Crippen LogP contribution < -0.4 is 4.90 Å². The summed E-state index contributed by atoms with van der Waals surface area (Å²) < 4.78 is 0. The molecular weight excluding hydrogens is 242 g/mol. The molecule has 0 saturated heterocycles. The zero-order chi connectivity index (χ0) is 13.3. The number of benzene rings is 2. The number of hydrogen-bond acceptors (Lipinski definition) is 1. The molecule has 2 heteroatoms. The fourth-order valence-electron chi connectivity index (χ4n) is 2.17. The van der Waals surface area contributed by atoms with E-state index in [9.17, 15) is 0 Å². The molecular formula is C16H18ClN. The van der Waals surface area contributed by atoms with Crippen molar-refractivity contribution >= 4 is 17.3 Å². The molecule has 0 aromatic heterocycles. The molecule has 0 unspecified atom stereocenters. The molecule has 0 spiro atoms. The zero-order valence-electron chi connectivity index (χ0n) is 11.3. The minimum absolute atomic E-state index is 0.801. The Kier molecular flexibility index (Phi) is 3.63. The van der Waals surface area contributed by atoms with Gasteiger partial charge in [-0.05, 0) is 42.7 Å². The number of aryl methyl sites for hydroxylation is 1. The Morgan fingerprint density at radius 3 is 2.28 bits per heavy atom. The van der Waals surface area contributed by atoms with Crippen LogP contribution in [-0.2, 0) is 0 Å². The average molecular weight is 260 g/mol. The third kappa shape index (κ3) is 2.23. The van der Waals surface area contributed by atoms with Crippen LogP contribution in [0.25, 0.3) is 11.1 Å². The summed E-state index contributed by atoms with van der Waals surface area (Å²) in [4.78, 5) is 2.10. The van der Waals surface area contributed by atoms with Crippen molar-refractivity contribution in [3.05, 3.63) is 52.5 Å². The first-order valence-electron chi connectivity index (χ1n) is 6.05. The summed E-state index contributed by atoms with van der Waals surface area (Å²) in [6.45, 7) is 4.28. The molecule has 0 fully saturated rings. The monoisotopic (exact) mass is 259 g/mol. The van der Waals surface area contributed by atoms with Crippen LogP contribution in [0.2, 0.25) is 5.02 Å². The molecule has 0 atom stereocenters. The molecule has 0 heterocycles. The number of halogens is 1. The number of hydrogen-bond donors (Lipinski definition) is 0. The maximum absolute atomic E-state index is 6.41. The van der Waals surface area contributed by atoms with Crippen molar-refractivity contribution in [1.29, 1.82) is 0 Å². The normalized spacial score (nSPS) is 10.5. The highest BCUT2D eigenvalue weighted by Crippen LogP contribution is 2.38. The topological polar surface area (TPSA) is 3.24 Å². The van der Waals surface area contributed by atoms with E-state index in [0.29, 0.717) is 0 Å². The Morgan fingerprint density at radius 2 is 1.61 bits per heavy atom. The summed E-state index contributed by atoms with van der Waals surface area (Å²) in [5.74, 6) is 0. The highest BCUT2D eigenvalue weighted by atomic mass is 35.5. The lowest BCUT2D eigenvalue weighted by atomic mass is 9.95. The third-order valence-electron chi connectivity index (χ3n) is 3.35. The molecule has 0 aliphatic rings. The van der Waals surface area contributed by atoms with E-state index in [0.717, 1.165) is 16.3 Å². The minimum Gasteiger partial charge on any atom is -0.377 e. The third-order valence-corrected chi connectivity index (χ3v) is 3.66. The second-order valence-electron chi connectivity index (χ2n) is 4.78. The van der Waals surface area contributed by atoms with E-state index >= 15 is 0 Å². The van der Waals surface area contributed by atoms with Gasteiger partial charge in [0.05, 0.1) is 5.02 Å². The number of nitrogens with zero attached hydrogens (tertiary/aromatic N) is 1. The summed E-state index contributed by atoms with van der Waals surface area (Å²) in [5.41, 5.74) is 6.05. The molecule has 1 nitrogen and oxygen atoms in total. The first-order valence-corrected chi connectivity index (χ1v) is 6.42. The van der Waals surface area contributed by atoms with E-state index in [1.54, 1.807) is 0 Å². The van der Waals surface area contributed by atoms with E-state index < -0.39 is 0 Å². The fraction of sp³-hybridized carbons (Fsp3) is 0.250. The molecule has 0 bridgehead atoms. The average Bonchev–Trinajstić information content (AvgIpc) is 2.33. The molecule has 0 radical (unpaired) electrons. The van der Waals surface area contributed by atoms with E-state index in [2.05, 4.69) is 43.0 Å². The smallest absolute Gasteiger partial charge is 0.0505 e. The van der Waals surface area contributed by atoms with E-state index in [4.69, 9.17) is 11.6 Å². The van der Waals surface area contributed by atoms with Crippen LogP contribution >= 0.6 is 11.6 Å². The van der Waals surface area contributed by atoms with Gasteiger partial charge in [-0.3, -0.25) is 0 Å². The number of rotatable bonds is 2. The Morgan fingerprint density at radius 1 is 0.944 bits per heavy atom. The van der Waals surface area contributed by atoms with Gasteiger partial charge in [-0.2, -0.15) is 0 Å². The molecule has 2 aromatic carbocycles. The van der Waals surface area contributed by atoms with Gasteiger partial charge in [-0.1, -0.05) is 35.9 Å². The molecule has 0 saturated carbocycles. The lowest BCUT2D eigenvalue weighted by Gasteiger charge is -2.20. The van der Waals surface area contributed by atoms with Crippen LogP contribution in [0.3, 0.4) is 0 Å². The van der Waals surface area contributed by atoms with Gasteiger partial charge in [0.15, 0.2) is 0 Å². The quantitative estimate of drug-likeness (QED) is 0.756. The molecule has 0 amide bonds. The second-order valence-corrected chi connectivity index (χ2v) is 5.18. The minimum atomic E-state index is 0.801. The second kappa shape index (κ2) is 5.03. The Hall–Kier alpha value is -1.47. The van der Waals surface area contributed by atoms with Crippen molar-refractivity contribution in [1.82, 2.24) is 0 Å². The van der Waals surface area contributed by atoms with Gasteiger partial charge in [0.1, 0.15) is 0 Å². The standard InChI is InChI=1S/C16H18ClN/c1-11-7-5-8-13(12(11)2)16-14(17)9-6-10-15(16)18(3)4/h5-10H,1-4H3. The maximum atomic E-state index is 6.41. The van der Waals surface area contributed by atoms with Gasteiger partial charge in [0.2, 0.25) is 0 Å². The zero-order valence-corrected chi connectivity index (χ0v) is 12.0. The van der Waals surface area contributed by atoms with Crippen LogP contribution in [0.1, 0.15) is 11.1 Å². The van der Waals surface area contributed by atoms with E-state index in [-0.39, 0.29) is 0 Å². The largest absolute Gasteiger partial charge is 0.377 e. The first-order chi connectivity index (χ1) is 8.52. The van der Waals surface area contributed by atoms with Crippen LogP contribution in [0.4, 0.5) is 5.69 Å². The maximum Gasteiger partial charge on any atom is 0.0505 e. The van der Waals surface area contributed by atoms with Crippen LogP contribution in [0.5, 0.6) is 0 Å². The fourth-order valence-corrected chi connectivity index (χ4v) is 2.45. The summed E-state index contributed by atoms with van der Waals surface area (Å²) >= 11 is 6.41. The van der Waals surface area contributed by atoms with Crippen molar-refractivity contribution in [2.75, 3.05) is 19.0 Å². The first kappa shape index (κ1) is 13.0. The summed E-state index contributed by atoms with van der Waals surface area (Å²) in [7, 11) is 4.08. The van der Waals surface area contributed by atoms with Gasteiger partial charge >= 0.3 is 0 Å². The van der Waals surface area contributed by atoms with Gasteiger partial charge in [0, 0.05) is 25.3 Å². The predicted octanol–water partition coefficient (Wildman–Crippen LogP) is 4.69. The van der Waals surface area contributed by atoms with Crippen LogP contribution in [0, 0.1) is 13.8 Å². The molecule has 0 aliphatic heterocycles. The van der Waals surface area contributed by atoms with Crippen molar-refractivity contribution in [2.24, 2.45) is 0 Å². The van der Waals surface area contributed by atoms with Gasteiger partial charge < -0.3 is 4.90 Å². The molecule has 0 N–H and O–H groups in total. The van der Waals surface area contributed by atoms with Gasteiger partial charge in [-0.15, -0.1) is 0 Å². The van der Waals surface area contributed by atoms with E-state index in [1.807, 2.05) is 26.2 Å². The SMILES string of the molecule is Cc1cccc(-c2c(Cl)cccc2N(C)C)c1C. The van der Waals surface area contributed by atoms with Gasteiger partial charge in [0.25, 0.3) is 0 Å².